The van der Waals surface area contributed by atoms with Crippen LogP contribution in [0, 0.1) is 0 Å². The summed E-state index contributed by atoms with van der Waals surface area (Å²) in [6.07, 6.45) is 89.4. The highest BCUT2D eigenvalue weighted by atomic mass is 31.2. The fraction of sp³-hybridized carbons (Fsp3) is 0.652. The van der Waals surface area contributed by atoms with Gasteiger partial charge in [-0.2, -0.15) is 0 Å². The van der Waals surface area contributed by atoms with Crippen LogP contribution in [-0.2, 0) is 32.7 Å². The highest BCUT2D eigenvalue weighted by Crippen LogP contribution is 2.43. The third-order valence-corrected chi connectivity index (χ3v) is 14.0. The minimum Gasteiger partial charge on any atom is -0.462 e. The van der Waals surface area contributed by atoms with Gasteiger partial charge in [-0.1, -0.05) is 270 Å². The van der Waals surface area contributed by atoms with Crippen LogP contribution in [0.4, 0.5) is 0 Å². The van der Waals surface area contributed by atoms with Crippen LogP contribution in [0.2, 0.25) is 0 Å². The molecule has 10 heteroatoms. The molecule has 2 atom stereocenters. The Labute approximate surface area is 484 Å². The lowest BCUT2D eigenvalue weighted by atomic mass is 10.0. The number of nitrogens with two attached hydrogens (primary N) is 1. The number of unbranched alkanes of at least 4 members (excludes halogenated alkanes) is 23. The molecule has 2 unspecified atom stereocenters. The lowest BCUT2D eigenvalue weighted by molar-refractivity contribution is -0.161. The van der Waals surface area contributed by atoms with Crippen molar-refractivity contribution in [3.05, 3.63) is 134 Å². The largest absolute Gasteiger partial charge is 0.472 e. The van der Waals surface area contributed by atoms with Crippen LogP contribution in [0.3, 0.4) is 0 Å². The standard InChI is InChI=1S/C69H116NO8P/c1-3-5-7-9-11-13-15-17-19-21-23-25-27-29-31-32-33-34-36-37-39-41-43-45-47-49-51-53-55-57-59-61-68(71)75-65-67(66-77-79(73,74)76-64-63-70)78-69(72)62-60-58-56-54-52-50-48-46-44-42-40-38-35-30-28-26-24-22-20-18-16-14-12-10-8-6-4-2/h5-8,11-14,17-20,23-26,29-31,35,40,42,67H,3-4,9-10,15-16,21-22,27-28,32-34,36-39,41,43-66,70H2,1-2H3,(H,73,74)/b7-5-,8-6-,13-11-,14-12-,19-17-,20-18-,25-23-,26-24-,31-29-,35-30-,42-40-. The van der Waals surface area contributed by atoms with E-state index in [-0.39, 0.29) is 38.6 Å². The first kappa shape index (κ1) is 75.2. The Morgan fingerprint density at radius 1 is 0.380 bits per heavy atom. The molecule has 79 heavy (non-hydrogen) atoms. The minimum atomic E-state index is -4.40. The van der Waals surface area contributed by atoms with Gasteiger partial charge >= 0.3 is 19.8 Å². The quantitative estimate of drug-likeness (QED) is 0.0264. The Kier molecular flexibility index (Phi) is 60.2. The van der Waals surface area contributed by atoms with Gasteiger partial charge in [0.1, 0.15) is 6.61 Å². The molecular weight excluding hydrogens is 1000 g/mol. The number of ether oxygens (including phenoxy) is 2. The predicted molar refractivity (Wildman–Crippen MR) is 339 cm³/mol. The van der Waals surface area contributed by atoms with Gasteiger partial charge in [-0.05, 0) is 109 Å². The molecule has 3 N–H and O–H groups in total. The Morgan fingerprint density at radius 2 is 0.658 bits per heavy atom. The third-order valence-electron chi connectivity index (χ3n) is 13.0. The Balaban J connectivity index is 3.97. The van der Waals surface area contributed by atoms with Gasteiger partial charge in [0.2, 0.25) is 0 Å². The van der Waals surface area contributed by atoms with Crippen LogP contribution in [0.15, 0.2) is 134 Å². The van der Waals surface area contributed by atoms with E-state index in [4.69, 9.17) is 24.3 Å². The summed E-state index contributed by atoms with van der Waals surface area (Å²) < 4.78 is 33.1. The van der Waals surface area contributed by atoms with Crippen LogP contribution in [0.25, 0.3) is 0 Å². The second-order valence-electron chi connectivity index (χ2n) is 20.5. The lowest BCUT2D eigenvalue weighted by Gasteiger charge is -2.19. The SMILES string of the molecule is CC/C=C\C/C=C\C/C=C\C/C=C\C/C=C\C/C=C\CCCCCCCCCCC(=O)OC(COC(=O)CCCCCCCCCCCCCCCCC/C=C\C/C=C\C/C=C\C/C=C\C/C=C\CC)COP(=O)(O)OCCN. The zero-order chi connectivity index (χ0) is 57.3. The normalized spacial score (nSPS) is 13.9. The van der Waals surface area contributed by atoms with Gasteiger partial charge in [0.15, 0.2) is 6.10 Å². The second kappa shape index (κ2) is 63.3. The van der Waals surface area contributed by atoms with Crippen molar-refractivity contribution < 1.29 is 37.6 Å². The van der Waals surface area contributed by atoms with Gasteiger partial charge in [-0.25, -0.2) is 4.57 Å². The number of hydrogen-bond acceptors (Lipinski definition) is 8. The fourth-order valence-electron chi connectivity index (χ4n) is 8.43. The van der Waals surface area contributed by atoms with E-state index in [1.807, 2.05) is 0 Å². The molecule has 0 aliphatic heterocycles. The average molecular weight is 1120 g/mol. The molecule has 0 aromatic heterocycles. The fourth-order valence-corrected chi connectivity index (χ4v) is 9.20. The molecule has 0 heterocycles. The highest BCUT2D eigenvalue weighted by molar-refractivity contribution is 7.47. The van der Waals surface area contributed by atoms with E-state index in [2.05, 4.69) is 148 Å². The van der Waals surface area contributed by atoms with Gasteiger partial charge in [-0.3, -0.25) is 18.6 Å². The molecule has 0 rings (SSSR count). The number of esters is 2. The topological polar surface area (TPSA) is 134 Å². The Morgan fingerprint density at radius 3 is 0.975 bits per heavy atom. The van der Waals surface area contributed by atoms with Crippen LogP contribution >= 0.6 is 7.82 Å². The lowest BCUT2D eigenvalue weighted by Crippen LogP contribution is -2.29. The molecule has 0 aromatic rings. The van der Waals surface area contributed by atoms with E-state index in [1.54, 1.807) is 0 Å². The van der Waals surface area contributed by atoms with Crippen molar-refractivity contribution in [2.75, 3.05) is 26.4 Å². The molecule has 0 amide bonds. The van der Waals surface area contributed by atoms with E-state index in [0.29, 0.717) is 6.42 Å². The monoisotopic (exact) mass is 1120 g/mol. The summed E-state index contributed by atoms with van der Waals surface area (Å²) in [5.74, 6) is -0.840. The van der Waals surface area contributed by atoms with Gasteiger partial charge in [0, 0.05) is 19.4 Å². The van der Waals surface area contributed by atoms with E-state index in [0.717, 1.165) is 116 Å². The average Bonchev–Trinajstić information content (AvgIpc) is 3.44. The maximum atomic E-state index is 12.7. The summed E-state index contributed by atoms with van der Waals surface area (Å²) in [4.78, 5) is 35.3. The van der Waals surface area contributed by atoms with Crippen molar-refractivity contribution in [2.24, 2.45) is 5.73 Å². The smallest absolute Gasteiger partial charge is 0.462 e. The van der Waals surface area contributed by atoms with Crippen molar-refractivity contribution in [3.8, 4) is 0 Å². The highest BCUT2D eigenvalue weighted by Gasteiger charge is 2.26. The Bertz CT molecular complexity index is 1750. The summed E-state index contributed by atoms with van der Waals surface area (Å²) in [5, 5.41) is 0. The first-order valence-corrected chi connectivity index (χ1v) is 33.2. The summed E-state index contributed by atoms with van der Waals surface area (Å²) in [5.41, 5.74) is 5.39. The predicted octanol–water partition coefficient (Wildman–Crippen LogP) is 20.5. The summed E-state index contributed by atoms with van der Waals surface area (Å²) in [6.45, 7) is 3.51. The van der Waals surface area contributed by atoms with E-state index in [1.165, 1.54) is 109 Å². The van der Waals surface area contributed by atoms with Crippen molar-refractivity contribution in [1.82, 2.24) is 0 Å². The van der Waals surface area contributed by atoms with Crippen LogP contribution < -0.4 is 5.73 Å². The first-order valence-electron chi connectivity index (χ1n) is 31.7. The minimum absolute atomic E-state index is 0.0459. The molecule has 0 aliphatic carbocycles. The summed E-state index contributed by atoms with van der Waals surface area (Å²) >= 11 is 0. The molecular formula is C69H116NO8P. The number of rotatable bonds is 58. The molecule has 450 valence electrons. The van der Waals surface area contributed by atoms with Crippen LogP contribution in [-0.4, -0.2) is 49.3 Å². The van der Waals surface area contributed by atoms with E-state index >= 15 is 0 Å². The molecule has 0 saturated heterocycles. The molecule has 0 aliphatic rings. The van der Waals surface area contributed by atoms with Gasteiger partial charge in [-0.15, -0.1) is 0 Å². The van der Waals surface area contributed by atoms with Gasteiger partial charge in [0.25, 0.3) is 0 Å². The number of carbonyl (C=O) groups is 2. The zero-order valence-electron chi connectivity index (χ0n) is 50.3. The maximum absolute atomic E-state index is 12.7. The number of hydrogen-bond donors (Lipinski definition) is 2. The molecule has 0 saturated carbocycles. The van der Waals surface area contributed by atoms with Gasteiger partial charge < -0.3 is 20.1 Å². The molecule has 0 aromatic carbocycles. The molecule has 0 fully saturated rings. The van der Waals surface area contributed by atoms with Crippen molar-refractivity contribution >= 4 is 19.8 Å². The van der Waals surface area contributed by atoms with Gasteiger partial charge in [0.05, 0.1) is 13.2 Å². The third kappa shape index (κ3) is 63.2. The molecule has 0 radical (unpaired) electrons. The second-order valence-corrected chi connectivity index (χ2v) is 22.0. The number of phosphoric ester groups is 1. The molecule has 0 spiro atoms. The van der Waals surface area contributed by atoms with Crippen molar-refractivity contribution in [3.63, 3.8) is 0 Å². The number of allylic oxidation sites excluding steroid dienone is 22. The first-order chi connectivity index (χ1) is 38.8. The molecule has 9 nitrogen and oxygen atoms in total. The van der Waals surface area contributed by atoms with Crippen LogP contribution in [0.1, 0.15) is 258 Å². The molecule has 0 bridgehead atoms. The number of carbonyl (C=O) groups excluding carboxylic acids is 2. The number of phosphoric acid groups is 1. The van der Waals surface area contributed by atoms with Crippen molar-refractivity contribution in [2.45, 2.75) is 264 Å². The Hall–Kier alpha value is -3.85. The summed E-state index contributed by atoms with van der Waals surface area (Å²) in [6, 6.07) is 0. The van der Waals surface area contributed by atoms with Crippen LogP contribution in [0.5, 0.6) is 0 Å². The van der Waals surface area contributed by atoms with E-state index < -0.39 is 26.5 Å². The zero-order valence-corrected chi connectivity index (χ0v) is 51.2. The summed E-state index contributed by atoms with van der Waals surface area (Å²) in [7, 11) is -4.40. The van der Waals surface area contributed by atoms with Crippen molar-refractivity contribution in [1.29, 1.82) is 0 Å². The van der Waals surface area contributed by atoms with E-state index in [9.17, 15) is 19.0 Å². The maximum Gasteiger partial charge on any atom is 0.472 e.